The summed E-state index contributed by atoms with van der Waals surface area (Å²) in [7, 11) is 0. The van der Waals surface area contributed by atoms with Crippen molar-refractivity contribution in [1.82, 2.24) is 10.2 Å². The predicted molar refractivity (Wildman–Crippen MR) is 124 cm³/mol. The Kier molecular flexibility index (Phi) is 6.96. The normalized spacial score (nSPS) is 18.1. The molecular formula is C26H25N3O5. The summed E-state index contributed by atoms with van der Waals surface area (Å²) >= 11 is 0. The van der Waals surface area contributed by atoms with Crippen LogP contribution in [-0.2, 0) is 36.8 Å². The van der Waals surface area contributed by atoms with E-state index < -0.39 is 29.7 Å². The number of benzene rings is 2. The zero-order chi connectivity index (χ0) is 24.1. The number of nitrogens with one attached hydrogen (secondary N) is 2. The highest BCUT2D eigenvalue weighted by Gasteiger charge is 2.42. The lowest BCUT2D eigenvalue weighted by molar-refractivity contribution is -0.149. The van der Waals surface area contributed by atoms with Crippen LogP contribution in [0, 0.1) is 0 Å². The Hall–Kier alpha value is -4.07. The molecule has 1 unspecified atom stereocenters. The van der Waals surface area contributed by atoms with Crippen LogP contribution in [0.5, 0.6) is 0 Å². The highest BCUT2D eigenvalue weighted by atomic mass is 16.2. The van der Waals surface area contributed by atoms with E-state index in [-0.39, 0.29) is 24.3 Å². The fraction of sp³-hybridized carbons (Fsp3) is 0.269. The molecule has 0 aromatic heterocycles. The number of anilines is 1. The standard InChI is InChI=1S/C26H25N3O5/c30-20(11-9-17-5-2-1-3-6-17)12-10-18-7-4-8-19(15-18)27-21-16-24(32)29(26(21)34)22-13-14-23(31)28-25(22)33/h1-8,15-16,22,27H,9-14H2,(H,28,31,33). The molecule has 2 aromatic rings. The molecule has 1 atom stereocenters. The molecule has 2 heterocycles. The van der Waals surface area contributed by atoms with Gasteiger partial charge in [-0.25, -0.2) is 0 Å². The Labute approximate surface area is 197 Å². The number of hydrogen-bond donors (Lipinski definition) is 2. The maximum Gasteiger partial charge on any atom is 0.278 e. The number of amides is 4. The fourth-order valence-corrected chi connectivity index (χ4v) is 4.10. The number of ketones is 1. The number of hydrogen-bond acceptors (Lipinski definition) is 6. The number of nitrogens with zero attached hydrogens (tertiary/aromatic N) is 1. The first kappa shape index (κ1) is 23.1. The molecule has 2 aliphatic rings. The monoisotopic (exact) mass is 459 g/mol. The summed E-state index contributed by atoms with van der Waals surface area (Å²) in [4.78, 5) is 61.9. The van der Waals surface area contributed by atoms with Crippen LogP contribution in [0.3, 0.4) is 0 Å². The molecule has 2 N–H and O–H groups in total. The topological polar surface area (TPSA) is 113 Å². The Bertz CT molecular complexity index is 1170. The second-order valence-corrected chi connectivity index (χ2v) is 8.39. The first-order valence-electron chi connectivity index (χ1n) is 11.3. The SMILES string of the molecule is O=C(CCc1ccccc1)CCc1cccc(NC2=CC(=O)N(C3CCC(=O)NC3=O)C2=O)c1. The van der Waals surface area contributed by atoms with E-state index in [1.54, 1.807) is 6.07 Å². The van der Waals surface area contributed by atoms with E-state index in [0.29, 0.717) is 24.9 Å². The molecule has 2 aliphatic heterocycles. The molecule has 4 amide bonds. The number of carbonyl (C=O) groups excluding carboxylic acids is 5. The van der Waals surface area contributed by atoms with Gasteiger partial charge in [0, 0.05) is 31.0 Å². The van der Waals surface area contributed by atoms with Crippen LogP contribution in [0.15, 0.2) is 66.4 Å². The van der Waals surface area contributed by atoms with E-state index >= 15 is 0 Å². The summed E-state index contributed by atoms with van der Waals surface area (Å²) in [6.45, 7) is 0. The van der Waals surface area contributed by atoms with Gasteiger partial charge in [-0.3, -0.25) is 34.2 Å². The van der Waals surface area contributed by atoms with Crippen LogP contribution in [0.4, 0.5) is 5.69 Å². The van der Waals surface area contributed by atoms with Crippen molar-refractivity contribution in [3.8, 4) is 0 Å². The van der Waals surface area contributed by atoms with E-state index in [0.717, 1.165) is 28.5 Å². The maximum atomic E-state index is 12.8. The van der Waals surface area contributed by atoms with Crippen LogP contribution in [0.25, 0.3) is 0 Å². The van der Waals surface area contributed by atoms with E-state index in [1.165, 1.54) is 0 Å². The van der Waals surface area contributed by atoms with E-state index in [4.69, 9.17) is 0 Å². The van der Waals surface area contributed by atoms with Crippen molar-refractivity contribution < 1.29 is 24.0 Å². The third-order valence-electron chi connectivity index (χ3n) is 5.91. The van der Waals surface area contributed by atoms with Gasteiger partial charge in [0.25, 0.3) is 11.8 Å². The summed E-state index contributed by atoms with van der Waals surface area (Å²) < 4.78 is 0. The number of piperidine rings is 1. The summed E-state index contributed by atoms with van der Waals surface area (Å²) in [6.07, 6.45) is 3.53. The minimum atomic E-state index is -0.999. The van der Waals surface area contributed by atoms with Crippen molar-refractivity contribution in [2.75, 3.05) is 5.32 Å². The number of carbonyl (C=O) groups is 5. The average molecular weight is 460 g/mol. The molecule has 1 fully saturated rings. The summed E-state index contributed by atoms with van der Waals surface area (Å²) in [6, 6.07) is 16.2. The summed E-state index contributed by atoms with van der Waals surface area (Å²) in [5.74, 6) is -2.09. The van der Waals surface area contributed by atoms with E-state index in [1.807, 2.05) is 48.5 Å². The van der Waals surface area contributed by atoms with Gasteiger partial charge in [0.05, 0.1) is 0 Å². The zero-order valence-corrected chi connectivity index (χ0v) is 18.6. The number of Topliss-reactive ketones (excluding diaryl/α,β-unsaturated/α-hetero) is 1. The predicted octanol–water partition coefficient (Wildman–Crippen LogP) is 2.29. The molecule has 0 bridgehead atoms. The highest BCUT2D eigenvalue weighted by molar-refractivity contribution is 6.20. The third kappa shape index (κ3) is 5.46. The summed E-state index contributed by atoms with van der Waals surface area (Å²) in [5.41, 5.74) is 2.73. The molecule has 0 radical (unpaired) electrons. The average Bonchev–Trinajstić information content (AvgIpc) is 3.10. The number of imide groups is 2. The second kappa shape index (κ2) is 10.2. The molecular weight excluding hydrogens is 434 g/mol. The fourth-order valence-electron chi connectivity index (χ4n) is 4.10. The minimum absolute atomic E-state index is 0.0609. The quantitative estimate of drug-likeness (QED) is 0.557. The van der Waals surface area contributed by atoms with Crippen molar-refractivity contribution in [1.29, 1.82) is 0 Å². The van der Waals surface area contributed by atoms with Crippen LogP contribution in [0.1, 0.15) is 36.8 Å². The van der Waals surface area contributed by atoms with Gasteiger partial charge in [-0.15, -0.1) is 0 Å². The van der Waals surface area contributed by atoms with Crippen molar-refractivity contribution in [3.63, 3.8) is 0 Å². The minimum Gasteiger partial charge on any atom is -0.351 e. The zero-order valence-electron chi connectivity index (χ0n) is 18.6. The van der Waals surface area contributed by atoms with Crippen LogP contribution >= 0.6 is 0 Å². The lowest BCUT2D eigenvalue weighted by Crippen LogP contribution is -2.54. The van der Waals surface area contributed by atoms with Crippen LogP contribution < -0.4 is 10.6 Å². The third-order valence-corrected chi connectivity index (χ3v) is 5.91. The molecule has 0 aliphatic carbocycles. The van der Waals surface area contributed by atoms with Crippen LogP contribution in [0.2, 0.25) is 0 Å². The molecule has 2 aromatic carbocycles. The highest BCUT2D eigenvalue weighted by Crippen LogP contribution is 2.23. The van der Waals surface area contributed by atoms with Gasteiger partial charge in [0.2, 0.25) is 11.8 Å². The van der Waals surface area contributed by atoms with Crippen LogP contribution in [-0.4, -0.2) is 40.4 Å². The van der Waals surface area contributed by atoms with Gasteiger partial charge in [0.15, 0.2) is 0 Å². The van der Waals surface area contributed by atoms with E-state index in [9.17, 15) is 24.0 Å². The van der Waals surface area contributed by atoms with Gasteiger partial charge in [-0.2, -0.15) is 0 Å². The van der Waals surface area contributed by atoms with Crippen molar-refractivity contribution in [3.05, 3.63) is 77.5 Å². The van der Waals surface area contributed by atoms with Crippen molar-refractivity contribution >= 4 is 35.1 Å². The summed E-state index contributed by atoms with van der Waals surface area (Å²) in [5, 5.41) is 5.12. The molecule has 0 spiro atoms. The van der Waals surface area contributed by atoms with Gasteiger partial charge in [0.1, 0.15) is 17.5 Å². The molecule has 8 heteroatoms. The number of rotatable bonds is 9. The lowest BCUT2D eigenvalue weighted by atomic mass is 10.0. The second-order valence-electron chi connectivity index (χ2n) is 8.39. The molecule has 34 heavy (non-hydrogen) atoms. The molecule has 4 rings (SSSR count). The molecule has 0 saturated carbocycles. The van der Waals surface area contributed by atoms with Crippen molar-refractivity contribution in [2.24, 2.45) is 0 Å². The van der Waals surface area contributed by atoms with Gasteiger partial charge in [-0.1, -0.05) is 42.5 Å². The largest absolute Gasteiger partial charge is 0.351 e. The first-order valence-corrected chi connectivity index (χ1v) is 11.3. The number of aryl methyl sites for hydroxylation is 2. The Balaban J connectivity index is 1.32. The van der Waals surface area contributed by atoms with Crippen molar-refractivity contribution in [2.45, 2.75) is 44.6 Å². The first-order chi connectivity index (χ1) is 16.4. The maximum absolute atomic E-state index is 12.8. The smallest absolute Gasteiger partial charge is 0.278 e. The Morgan fingerprint density at radius 2 is 1.65 bits per heavy atom. The lowest BCUT2D eigenvalue weighted by Gasteiger charge is -2.28. The van der Waals surface area contributed by atoms with Gasteiger partial charge < -0.3 is 5.32 Å². The van der Waals surface area contributed by atoms with Gasteiger partial charge >= 0.3 is 0 Å². The Morgan fingerprint density at radius 3 is 2.38 bits per heavy atom. The molecule has 1 saturated heterocycles. The molecule has 174 valence electrons. The molecule has 8 nitrogen and oxygen atoms in total. The van der Waals surface area contributed by atoms with E-state index in [2.05, 4.69) is 10.6 Å². The Morgan fingerprint density at radius 1 is 0.941 bits per heavy atom. The van der Waals surface area contributed by atoms with Gasteiger partial charge in [-0.05, 0) is 42.5 Å².